The van der Waals surface area contributed by atoms with Gasteiger partial charge in [0.1, 0.15) is 12.3 Å². The van der Waals surface area contributed by atoms with Crippen molar-refractivity contribution in [1.82, 2.24) is 46.7 Å². The molecule has 0 aliphatic carbocycles. The maximum atomic E-state index is 13.2. The first-order chi connectivity index (χ1) is 27.4. The molecular weight excluding hydrogens is 737 g/mol. The normalized spacial score (nSPS) is 12.1. The number of rotatable bonds is 19. The SMILES string of the molecule is C#CCN(Cc1cnc2nc(N)nc(N)c2n1)c1ccc(C(=O)NC(C=O)CCCNC(=O)c2ccc(NC(=O)C(C)NC(=O)CNC)cc2/C(N)=N/NN)cc1. The van der Waals surface area contributed by atoms with Gasteiger partial charge >= 0.3 is 0 Å². The highest BCUT2D eigenvalue weighted by molar-refractivity contribution is 6.10. The van der Waals surface area contributed by atoms with Crippen molar-refractivity contribution < 1.29 is 24.0 Å². The van der Waals surface area contributed by atoms with Gasteiger partial charge in [-0.3, -0.25) is 19.2 Å². The molecule has 57 heavy (non-hydrogen) atoms. The molecule has 0 spiro atoms. The van der Waals surface area contributed by atoms with Crippen molar-refractivity contribution in [2.24, 2.45) is 16.7 Å². The highest BCUT2D eigenvalue weighted by Crippen LogP contribution is 2.21. The van der Waals surface area contributed by atoms with E-state index in [1.165, 1.54) is 31.3 Å². The average Bonchev–Trinajstić information content (AvgIpc) is 3.19. The van der Waals surface area contributed by atoms with Crippen molar-refractivity contribution in [3.8, 4) is 12.3 Å². The molecule has 2 heterocycles. The molecule has 0 saturated heterocycles. The zero-order chi connectivity index (χ0) is 41.5. The highest BCUT2D eigenvalue weighted by atomic mass is 16.2. The molecule has 0 saturated carbocycles. The summed E-state index contributed by atoms with van der Waals surface area (Å²) in [5, 5.41) is 17.1. The molecule has 0 aliphatic heterocycles. The monoisotopic (exact) mass is 780 g/mol. The number of nitrogens with one attached hydrogen (secondary N) is 6. The van der Waals surface area contributed by atoms with Gasteiger partial charge in [0.2, 0.25) is 17.8 Å². The van der Waals surface area contributed by atoms with Crippen molar-refractivity contribution in [3.05, 3.63) is 71.0 Å². The number of carbonyl (C=O) groups excluding carboxylic acids is 5. The van der Waals surface area contributed by atoms with Gasteiger partial charge in [0.05, 0.1) is 43.1 Å². The summed E-state index contributed by atoms with van der Waals surface area (Å²) in [5.41, 5.74) is 22.4. The van der Waals surface area contributed by atoms with Gasteiger partial charge in [-0.15, -0.1) is 11.5 Å². The lowest BCUT2D eigenvalue weighted by atomic mass is 10.0. The molecule has 2 unspecified atom stereocenters. The number of likely N-dealkylation sites (N-methyl/N-ethyl adjacent to an activating group) is 1. The van der Waals surface area contributed by atoms with Crippen LogP contribution in [0.3, 0.4) is 0 Å². The number of hydrazine groups is 1. The Balaban J connectivity index is 1.32. The van der Waals surface area contributed by atoms with Crippen LogP contribution in [0.1, 0.15) is 51.7 Å². The van der Waals surface area contributed by atoms with Gasteiger partial charge in [-0.05, 0) is 69.3 Å². The summed E-state index contributed by atoms with van der Waals surface area (Å²) >= 11 is 0. The quantitative estimate of drug-likeness (QED) is 0.00982. The average molecular weight is 781 g/mol. The Bertz CT molecular complexity index is 2170. The second-order valence-corrected chi connectivity index (χ2v) is 12.4. The summed E-state index contributed by atoms with van der Waals surface area (Å²) in [6.07, 6.45) is 8.33. The molecule has 0 radical (unpaired) electrons. The largest absolute Gasteiger partial charge is 0.382 e. The van der Waals surface area contributed by atoms with Crippen LogP contribution in [0.25, 0.3) is 11.2 Å². The minimum atomic E-state index is -0.854. The number of aldehydes is 1. The fourth-order valence-corrected chi connectivity index (χ4v) is 5.40. The Labute approximate surface area is 327 Å². The molecule has 298 valence electrons. The van der Waals surface area contributed by atoms with Crippen LogP contribution in [0.4, 0.5) is 23.1 Å². The van der Waals surface area contributed by atoms with E-state index in [1.807, 2.05) is 4.90 Å². The Kier molecular flexibility index (Phi) is 15.1. The molecular formula is C36H44N16O5. The molecule has 2 atom stereocenters. The molecule has 0 bridgehead atoms. The van der Waals surface area contributed by atoms with Gasteiger partial charge < -0.3 is 53.5 Å². The minimum Gasteiger partial charge on any atom is -0.382 e. The lowest BCUT2D eigenvalue weighted by Crippen LogP contribution is -2.44. The number of aromatic nitrogens is 4. The number of nitrogen functional groups attached to an aromatic ring is 2. The van der Waals surface area contributed by atoms with E-state index in [-0.39, 0.29) is 78.6 Å². The summed E-state index contributed by atoms with van der Waals surface area (Å²) in [6, 6.07) is 9.30. The number of nitrogens with zero attached hydrogens (tertiary/aromatic N) is 6. The van der Waals surface area contributed by atoms with E-state index in [0.717, 1.165) is 0 Å². The summed E-state index contributed by atoms with van der Waals surface area (Å²) in [7, 11) is 1.60. The maximum Gasteiger partial charge on any atom is 0.252 e. The number of benzene rings is 2. The summed E-state index contributed by atoms with van der Waals surface area (Å²) in [5.74, 6) is 5.99. The summed E-state index contributed by atoms with van der Waals surface area (Å²) in [4.78, 5) is 81.2. The van der Waals surface area contributed by atoms with Crippen LogP contribution in [0.15, 0.2) is 53.8 Å². The zero-order valence-electron chi connectivity index (χ0n) is 31.2. The second-order valence-electron chi connectivity index (χ2n) is 12.4. The van der Waals surface area contributed by atoms with Crippen LogP contribution >= 0.6 is 0 Å². The highest BCUT2D eigenvalue weighted by Gasteiger charge is 2.20. The third-order valence-corrected chi connectivity index (χ3v) is 8.19. The number of carbonyl (C=O) groups is 5. The topological polar surface area (TPSA) is 329 Å². The van der Waals surface area contributed by atoms with Crippen LogP contribution in [0.2, 0.25) is 0 Å². The van der Waals surface area contributed by atoms with Crippen LogP contribution in [0.5, 0.6) is 0 Å². The van der Waals surface area contributed by atoms with Crippen molar-refractivity contribution in [2.75, 3.05) is 48.4 Å². The van der Waals surface area contributed by atoms with Crippen molar-refractivity contribution in [2.45, 2.75) is 38.4 Å². The number of amidine groups is 1. The van der Waals surface area contributed by atoms with Crippen molar-refractivity contribution >= 4 is 70.1 Å². The lowest BCUT2D eigenvalue weighted by molar-refractivity contribution is -0.125. The molecule has 2 aromatic carbocycles. The third-order valence-electron chi connectivity index (χ3n) is 8.19. The molecule has 4 rings (SSSR count). The number of fused-ring (bicyclic) bond motifs is 1. The van der Waals surface area contributed by atoms with Crippen molar-refractivity contribution in [3.63, 3.8) is 0 Å². The molecule has 21 heteroatoms. The smallest absolute Gasteiger partial charge is 0.252 e. The number of amides is 4. The fraction of sp³-hybridized carbons (Fsp3) is 0.278. The molecule has 0 fully saturated rings. The van der Waals surface area contributed by atoms with Crippen LogP contribution in [-0.2, 0) is 20.9 Å². The van der Waals surface area contributed by atoms with E-state index in [2.05, 4.69) is 63.1 Å². The Hall–Kier alpha value is -7.44. The molecule has 14 N–H and O–H groups in total. The van der Waals surface area contributed by atoms with Crippen LogP contribution in [0, 0.1) is 12.3 Å². The molecule has 4 amide bonds. The van der Waals surface area contributed by atoms with Gasteiger partial charge in [-0.25, -0.2) is 21.3 Å². The fourth-order valence-electron chi connectivity index (χ4n) is 5.40. The Morgan fingerprint density at radius 3 is 2.46 bits per heavy atom. The third kappa shape index (κ3) is 11.8. The summed E-state index contributed by atoms with van der Waals surface area (Å²) in [6.45, 7) is 2.18. The van der Waals surface area contributed by atoms with Gasteiger partial charge in [-0.2, -0.15) is 9.97 Å². The molecule has 21 nitrogen and oxygen atoms in total. The lowest BCUT2D eigenvalue weighted by Gasteiger charge is -2.22. The van der Waals surface area contributed by atoms with E-state index in [0.29, 0.717) is 35.2 Å². The first-order valence-electron chi connectivity index (χ1n) is 17.4. The van der Waals surface area contributed by atoms with Gasteiger partial charge in [0.25, 0.3) is 11.8 Å². The predicted octanol–water partition coefficient (Wildman–Crippen LogP) is -1.52. The van der Waals surface area contributed by atoms with Crippen molar-refractivity contribution in [1.29, 1.82) is 0 Å². The van der Waals surface area contributed by atoms with E-state index in [1.54, 1.807) is 31.3 Å². The summed E-state index contributed by atoms with van der Waals surface area (Å²) < 4.78 is 0. The predicted molar refractivity (Wildman–Crippen MR) is 214 cm³/mol. The number of hydrazone groups is 1. The number of anilines is 4. The second kappa shape index (κ2) is 20.3. The first-order valence-corrected chi connectivity index (χ1v) is 17.4. The molecule has 4 aromatic rings. The number of terminal acetylenes is 1. The number of hydrogen-bond acceptors (Lipinski definition) is 16. The maximum absolute atomic E-state index is 13.2. The van der Waals surface area contributed by atoms with E-state index in [9.17, 15) is 24.0 Å². The van der Waals surface area contributed by atoms with E-state index in [4.69, 9.17) is 29.5 Å². The number of hydrogen-bond donors (Lipinski definition) is 10. The standard InChI is InChI=1S/C36H44N16O5/c1-4-14-52(18-24-16-43-32-29(45-24)31(38)48-36(39)49-32)25-10-7-21(8-11-25)34(56)47-23(19-53)6-5-13-42-35(57)26-12-9-22(15-27(26)30(37)50-51-40)46-33(55)20(2)44-28(54)17-41-3/h1,7-12,15-16,19-20,23,41,51H,5-6,13-14,17-18,40H2,2-3H3,(H2,37,50)(H,42,57)(H,44,54)(H,46,55)(H,47,56)(H4,38,39,43,48,49). The van der Waals surface area contributed by atoms with Crippen LogP contribution < -0.4 is 60.1 Å². The molecule has 2 aromatic heterocycles. The van der Waals surface area contributed by atoms with E-state index >= 15 is 0 Å². The molecule has 0 aliphatic rings. The van der Waals surface area contributed by atoms with Gasteiger partial charge in [-0.1, -0.05) is 5.92 Å². The zero-order valence-corrected chi connectivity index (χ0v) is 31.2. The van der Waals surface area contributed by atoms with E-state index < -0.39 is 29.8 Å². The Morgan fingerprint density at radius 1 is 1.02 bits per heavy atom. The van der Waals surface area contributed by atoms with Gasteiger partial charge in [0.15, 0.2) is 22.8 Å². The van der Waals surface area contributed by atoms with Gasteiger partial charge in [0, 0.05) is 29.0 Å². The minimum absolute atomic E-state index is 0.0108. The Morgan fingerprint density at radius 2 is 1.77 bits per heavy atom. The number of nitrogens with two attached hydrogens (primary N) is 4. The van der Waals surface area contributed by atoms with Crippen LogP contribution in [-0.4, -0.2) is 94.5 Å². The first kappa shape index (κ1) is 42.3.